The molecule has 1 aliphatic heterocycles. The van der Waals surface area contributed by atoms with Gasteiger partial charge in [-0.15, -0.1) is 0 Å². The number of nitrogens with one attached hydrogen (secondary N) is 1. The van der Waals surface area contributed by atoms with Crippen molar-refractivity contribution >= 4 is 52.8 Å². The van der Waals surface area contributed by atoms with E-state index in [0.717, 1.165) is 27.5 Å². The number of anilines is 1. The van der Waals surface area contributed by atoms with Gasteiger partial charge in [0.25, 0.3) is 11.8 Å². The van der Waals surface area contributed by atoms with Gasteiger partial charge in [-0.2, -0.15) is 0 Å². The van der Waals surface area contributed by atoms with Gasteiger partial charge >= 0.3 is 6.03 Å². The normalized spacial score (nSPS) is 15.5. The Hall–Kier alpha value is -3.35. The number of nitrogens with zero attached hydrogens (tertiary/aromatic N) is 2. The second-order valence-corrected chi connectivity index (χ2v) is 8.39. The predicted molar refractivity (Wildman–Crippen MR) is 125 cm³/mol. The lowest BCUT2D eigenvalue weighted by atomic mass is 10.1. The summed E-state index contributed by atoms with van der Waals surface area (Å²) in [5, 5.41) is 3.24. The zero-order chi connectivity index (χ0) is 23.2. The largest absolute Gasteiger partial charge is 0.335 e. The summed E-state index contributed by atoms with van der Waals surface area (Å²) in [6.07, 6.45) is 1.49. The van der Waals surface area contributed by atoms with Crippen molar-refractivity contribution in [3.63, 3.8) is 0 Å². The first-order valence-corrected chi connectivity index (χ1v) is 10.6. The van der Waals surface area contributed by atoms with Crippen molar-refractivity contribution in [3.05, 3.63) is 86.7 Å². The summed E-state index contributed by atoms with van der Waals surface area (Å²) in [6.45, 7) is 5.66. The van der Waals surface area contributed by atoms with Crippen molar-refractivity contribution in [2.45, 2.75) is 20.8 Å². The fraction of sp³-hybridized carbons (Fsp3) is 0.125. The first kappa shape index (κ1) is 21.9. The Morgan fingerprint density at radius 2 is 1.59 bits per heavy atom. The van der Waals surface area contributed by atoms with Gasteiger partial charge in [0, 0.05) is 16.4 Å². The van der Waals surface area contributed by atoms with Crippen LogP contribution in [0.1, 0.15) is 22.5 Å². The van der Waals surface area contributed by atoms with Crippen LogP contribution in [0.25, 0.3) is 11.8 Å². The Kier molecular flexibility index (Phi) is 5.67. The number of carbonyl (C=O) groups excluding carboxylic acids is 3. The zero-order valence-corrected chi connectivity index (χ0v) is 19.1. The molecule has 1 saturated heterocycles. The van der Waals surface area contributed by atoms with Gasteiger partial charge in [-0.05, 0) is 68.8 Å². The molecule has 8 heteroatoms. The van der Waals surface area contributed by atoms with Gasteiger partial charge in [-0.1, -0.05) is 40.9 Å². The van der Waals surface area contributed by atoms with E-state index in [1.165, 1.54) is 6.08 Å². The van der Waals surface area contributed by atoms with E-state index in [1.54, 1.807) is 42.5 Å². The summed E-state index contributed by atoms with van der Waals surface area (Å²) in [4.78, 5) is 39.0. The van der Waals surface area contributed by atoms with E-state index >= 15 is 0 Å². The van der Waals surface area contributed by atoms with Crippen LogP contribution in [0.5, 0.6) is 0 Å². The molecule has 3 aromatic rings. The lowest BCUT2D eigenvalue weighted by molar-refractivity contribution is -0.122. The van der Waals surface area contributed by atoms with Crippen LogP contribution in [0.2, 0.25) is 10.0 Å². The van der Waals surface area contributed by atoms with Crippen molar-refractivity contribution in [2.75, 3.05) is 4.90 Å². The highest BCUT2D eigenvalue weighted by molar-refractivity contribution is 6.39. The molecule has 0 aliphatic carbocycles. The molecule has 0 unspecified atom stereocenters. The summed E-state index contributed by atoms with van der Waals surface area (Å²) in [7, 11) is 0. The van der Waals surface area contributed by atoms with E-state index < -0.39 is 17.8 Å². The molecule has 2 heterocycles. The summed E-state index contributed by atoms with van der Waals surface area (Å²) in [5.74, 6) is -1.42. The minimum Gasteiger partial charge on any atom is -0.316 e. The molecule has 0 spiro atoms. The molecule has 1 fully saturated rings. The fourth-order valence-electron chi connectivity index (χ4n) is 3.71. The van der Waals surface area contributed by atoms with Crippen LogP contribution in [0.15, 0.2) is 54.1 Å². The standard InChI is InChI=1S/C24H19Cl2N3O3/c1-13-4-7-18(8-5-13)29-23(31)19(22(30)27-24(29)32)11-16-10-14(2)28(15(16)3)21-9-6-17(25)12-20(21)26/h4-12H,1-3H3,(H,27,30,32)/b19-11+. The highest BCUT2D eigenvalue weighted by Gasteiger charge is 2.37. The second-order valence-electron chi connectivity index (χ2n) is 7.55. The van der Waals surface area contributed by atoms with Crippen LogP contribution in [-0.2, 0) is 9.59 Å². The minimum atomic E-state index is -0.778. The maximum absolute atomic E-state index is 13.1. The summed E-state index contributed by atoms with van der Waals surface area (Å²) >= 11 is 12.4. The smallest absolute Gasteiger partial charge is 0.316 e. The third-order valence-corrected chi connectivity index (χ3v) is 5.85. The van der Waals surface area contributed by atoms with Crippen LogP contribution in [0.3, 0.4) is 0 Å². The van der Waals surface area contributed by atoms with Crippen molar-refractivity contribution < 1.29 is 14.4 Å². The summed E-state index contributed by atoms with van der Waals surface area (Å²) in [6, 6.07) is 13.2. The van der Waals surface area contributed by atoms with E-state index in [4.69, 9.17) is 23.2 Å². The fourth-order valence-corrected chi connectivity index (χ4v) is 4.20. The lowest BCUT2D eigenvalue weighted by Gasteiger charge is -2.26. The Morgan fingerprint density at radius 1 is 0.906 bits per heavy atom. The topological polar surface area (TPSA) is 71.4 Å². The molecule has 0 atom stereocenters. The van der Waals surface area contributed by atoms with E-state index in [0.29, 0.717) is 21.3 Å². The van der Waals surface area contributed by atoms with E-state index in [9.17, 15) is 14.4 Å². The number of hydrogen-bond acceptors (Lipinski definition) is 3. The Bertz CT molecular complexity index is 1310. The highest BCUT2D eigenvalue weighted by Crippen LogP contribution is 2.30. The first-order valence-electron chi connectivity index (χ1n) is 9.80. The molecule has 1 aliphatic rings. The molecular formula is C24H19Cl2N3O3. The van der Waals surface area contributed by atoms with Crippen molar-refractivity contribution in [1.29, 1.82) is 0 Å². The molecule has 2 aromatic carbocycles. The zero-order valence-electron chi connectivity index (χ0n) is 17.6. The average molecular weight is 468 g/mol. The number of barbiturate groups is 1. The van der Waals surface area contributed by atoms with Crippen LogP contribution in [0.4, 0.5) is 10.5 Å². The number of rotatable bonds is 3. The molecule has 1 aromatic heterocycles. The Balaban J connectivity index is 1.77. The van der Waals surface area contributed by atoms with Gasteiger partial charge in [-0.3, -0.25) is 14.9 Å². The van der Waals surface area contributed by atoms with Gasteiger partial charge in [0.2, 0.25) is 0 Å². The van der Waals surface area contributed by atoms with Crippen LogP contribution >= 0.6 is 23.2 Å². The number of carbonyl (C=O) groups is 3. The second kappa shape index (κ2) is 8.30. The van der Waals surface area contributed by atoms with Crippen LogP contribution < -0.4 is 10.2 Å². The average Bonchev–Trinajstić information content (AvgIpc) is 3.00. The van der Waals surface area contributed by atoms with E-state index in [1.807, 2.05) is 31.4 Å². The molecule has 0 radical (unpaired) electrons. The monoisotopic (exact) mass is 467 g/mol. The summed E-state index contributed by atoms with van der Waals surface area (Å²) in [5.41, 5.74) is 4.26. The third-order valence-electron chi connectivity index (χ3n) is 5.31. The first-order chi connectivity index (χ1) is 15.2. The van der Waals surface area contributed by atoms with Gasteiger partial charge in [0.05, 0.1) is 16.4 Å². The molecule has 32 heavy (non-hydrogen) atoms. The molecule has 0 saturated carbocycles. The quantitative estimate of drug-likeness (QED) is 0.415. The number of imide groups is 2. The van der Waals surface area contributed by atoms with Crippen LogP contribution in [-0.4, -0.2) is 22.4 Å². The van der Waals surface area contributed by atoms with Crippen molar-refractivity contribution in [1.82, 2.24) is 9.88 Å². The van der Waals surface area contributed by atoms with E-state index in [2.05, 4.69) is 5.32 Å². The predicted octanol–water partition coefficient (Wildman–Crippen LogP) is 5.38. The number of aryl methyl sites for hydroxylation is 2. The maximum atomic E-state index is 13.1. The molecule has 162 valence electrons. The number of aromatic nitrogens is 1. The molecule has 4 amide bonds. The molecule has 0 bridgehead atoms. The Labute approximate surface area is 195 Å². The molecular weight excluding hydrogens is 449 g/mol. The Morgan fingerprint density at radius 3 is 2.25 bits per heavy atom. The number of halogens is 2. The van der Waals surface area contributed by atoms with E-state index in [-0.39, 0.29) is 5.57 Å². The SMILES string of the molecule is Cc1ccc(N2C(=O)NC(=O)/C(=C\c3cc(C)n(-c4ccc(Cl)cc4Cl)c3C)C2=O)cc1. The number of amides is 4. The lowest BCUT2D eigenvalue weighted by Crippen LogP contribution is -2.54. The number of benzene rings is 2. The molecule has 4 rings (SSSR count). The molecule has 1 N–H and O–H groups in total. The number of hydrogen-bond donors (Lipinski definition) is 1. The summed E-state index contributed by atoms with van der Waals surface area (Å²) < 4.78 is 1.92. The van der Waals surface area contributed by atoms with Gasteiger partial charge in [0.15, 0.2) is 0 Å². The third kappa shape index (κ3) is 3.83. The molecule has 6 nitrogen and oxygen atoms in total. The van der Waals surface area contributed by atoms with Gasteiger partial charge < -0.3 is 4.57 Å². The van der Waals surface area contributed by atoms with Crippen molar-refractivity contribution in [3.8, 4) is 5.69 Å². The maximum Gasteiger partial charge on any atom is 0.335 e. The van der Waals surface area contributed by atoms with Crippen LogP contribution in [0, 0.1) is 20.8 Å². The van der Waals surface area contributed by atoms with Crippen molar-refractivity contribution in [2.24, 2.45) is 0 Å². The van der Waals surface area contributed by atoms with Gasteiger partial charge in [-0.25, -0.2) is 9.69 Å². The minimum absolute atomic E-state index is 0.132. The highest BCUT2D eigenvalue weighted by atomic mass is 35.5. The van der Waals surface area contributed by atoms with Gasteiger partial charge in [0.1, 0.15) is 5.57 Å². The number of urea groups is 1.